The average Bonchev–Trinajstić information content (AvgIpc) is 2.74. The van der Waals surface area contributed by atoms with E-state index in [-0.39, 0.29) is 16.3 Å². The first-order valence-electron chi connectivity index (χ1n) is 9.14. The summed E-state index contributed by atoms with van der Waals surface area (Å²) in [5.41, 5.74) is -0.370. The third kappa shape index (κ3) is 5.03. The predicted molar refractivity (Wildman–Crippen MR) is 107 cm³/mol. The van der Waals surface area contributed by atoms with Crippen molar-refractivity contribution in [1.82, 2.24) is 9.21 Å². The number of hydrogen-bond acceptors (Lipinski definition) is 7. The van der Waals surface area contributed by atoms with Gasteiger partial charge in [0.25, 0.3) is 0 Å². The minimum absolute atomic E-state index is 0.0252. The van der Waals surface area contributed by atoms with Crippen LogP contribution in [0.25, 0.3) is 0 Å². The fourth-order valence-corrected chi connectivity index (χ4v) is 4.57. The summed E-state index contributed by atoms with van der Waals surface area (Å²) >= 11 is 0. The highest BCUT2D eigenvalue weighted by Gasteiger charge is 2.30. The number of piperazine rings is 1. The molecule has 0 spiro atoms. The summed E-state index contributed by atoms with van der Waals surface area (Å²) in [7, 11) is -2.51. The minimum atomic E-state index is -3.81. The molecule has 0 aromatic heterocycles. The van der Waals surface area contributed by atoms with Crippen LogP contribution in [-0.4, -0.2) is 69.0 Å². The van der Waals surface area contributed by atoms with E-state index in [0.717, 1.165) is 11.8 Å². The van der Waals surface area contributed by atoms with Crippen molar-refractivity contribution in [2.45, 2.75) is 4.90 Å². The highest BCUT2D eigenvalue weighted by molar-refractivity contribution is 7.89. The Bertz CT molecular complexity index is 944. The zero-order valence-electron chi connectivity index (χ0n) is 16.1. The quantitative estimate of drug-likeness (QED) is 0.474. The number of methoxy groups -OCH3 is 1. The molecule has 0 atom stereocenters. The molecule has 1 aliphatic heterocycles. The van der Waals surface area contributed by atoms with Gasteiger partial charge in [-0.1, -0.05) is 18.2 Å². The number of rotatable bonds is 8. The van der Waals surface area contributed by atoms with Crippen LogP contribution in [0.15, 0.2) is 53.4 Å². The zero-order valence-corrected chi connectivity index (χ0v) is 16.9. The molecule has 0 N–H and O–H groups in total. The molecule has 0 unspecified atom stereocenters. The summed E-state index contributed by atoms with van der Waals surface area (Å²) in [6.07, 6.45) is 0. The lowest BCUT2D eigenvalue weighted by molar-refractivity contribution is -0.386. The van der Waals surface area contributed by atoms with Gasteiger partial charge in [-0.2, -0.15) is 4.31 Å². The second kappa shape index (κ2) is 9.21. The van der Waals surface area contributed by atoms with Crippen LogP contribution < -0.4 is 9.47 Å². The maximum Gasteiger partial charge on any atom is 0.312 e. The van der Waals surface area contributed by atoms with E-state index < -0.39 is 14.9 Å². The first-order chi connectivity index (χ1) is 13.9. The Morgan fingerprint density at radius 3 is 2.38 bits per heavy atom. The Balaban J connectivity index is 1.58. The first-order valence-corrected chi connectivity index (χ1v) is 10.6. The summed E-state index contributed by atoms with van der Waals surface area (Å²) in [6.45, 7) is 2.96. The van der Waals surface area contributed by atoms with Crippen LogP contribution in [-0.2, 0) is 10.0 Å². The molecule has 1 aliphatic rings. The number of ether oxygens (including phenoxy) is 2. The molecule has 3 rings (SSSR count). The van der Waals surface area contributed by atoms with E-state index in [4.69, 9.17) is 9.47 Å². The molecular formula is C19H23N3O6S. The van der Waals surface area contributed by atoms with Gasteiger partial charge in [0.1, 0.15) is 12.4 Å². The molecule has 2 aromatic carbocycles. The van der Waals surface area contributed by atoms with Crippen molar-refractivity contribution in [1.29, 1.82) is 0 Å². The molecular weight excluding hydrogens is 398 g/mol. The molecule has 1 saturated heterocycles. The van der Waals surface area contributed by atoms with Gasteiger partial charge in [-0.25, -0.2) is 8.42 Å². The first kappa shape index (κ1) is 21.0. The van der Waals surface area contributed by atoms with E-state index in [1.54, 1.807) is 0 Å². The van der Waals surface area contributed by atoms with Crippen molar-refractivity contribution in [3.8, 4) is 11.5 Å². The normalized spacial score (nSPS) is 15.8. The van der Waals surface area contributed by atoms with Gasteiger partial charge in [-0.3, -0.25) is 15.0 Å². The van der Waals surface area contributed by atoms with Crippen molar-refractivity contribution in [3.63, 3.8) is 0 Å². The van der Waals surface area contributed by atoms with Crippen LogP contribution in [0.1, 0.15) is 0 Å². The molecule has 0 radical (unpaired) electrons. The van der Waals surface area contributed by atoms with Gasteiger partial charge >= 0.3 is 5.69 Å². The van der Waals surface area contributed by atoms with Gasteiger partial charge in [-0.05, 0) is 24.3 Å². The molecule has 29 heavy (non-hydrogen) atoms. The maximum atomic E-state index is 12.9. The van der Waals surface area contributed by atoms with Gasteiger partial charge in [0.05, 0.1) is 16.9 Å². The molecule has 1 heterocycles. The number of hydrogen-bond donors (Lipinski definition) is 0. The van der Waals surface area contributed by atoms with E-state index in [1.165, 1.54) is 23.5 Å². The Kier molecular flexibility index (Phi) is 6.68. The summed E-state index contributed by atoms with van der Waals surface area (Å²) in [4.78, 5) is 12.6. The highest BCUT2D eigenvalue weighted by Crippen LogP contribution is 2.30. The summed E-state index contributed by atoms with van der Waals surface area (Å²) in [6, 6.07) is 13.2. The Hall–Kier alpha value is -2.69. The van der Waals surface area contributed by atoms with E-state index in [2.05, 4.69) is 4.90 Å². The van der Waals surface area contributed by atoms with E-state index in [0.29, 0.717) is 39.3 Å². The lowest BCUT2D eigenvalue weighted by Crippen LogP contribution is -2.49. The van der Waals surface area contributed by atoms with E-state index >= 15 is 0 Å². The SMILES string of the molecule is COc1ccc(S(=O)(=O)N2CCN(CCOc3ccccc3)CC2)cc1[N+](=O)[O-]. The van der Waals surface area contributed by atoms with E-state index in [9.17, 15) is 18.5 Å². The van der Waals surface area contributed by atoms with Gasteiger partial charge in [-0.15, -0.1) is 0 Å². The Labute approximate surface area is 169 Å². The number of nitrogens with zero attached hydrogens (tertiary/aromatic N) is 3. The molecule has 2 aromatic rings. The number of nitro benzene ring substituents is 1. The second-order valence-electron chi connectivity index (χ2n) is 6.50. The summed E-state index contributed by atoms with van der Waals surface area (Å²) in [5, 5.41) is 11.2. The van der Waals surface area contributed by atoms with Crippen LogP contribution >= 0.6 is 0 Å². The minimum Gasteiger partial charge on any atom is -0.492 e. The fourth-order valence-electron chi connectivity index (χ4n) is 3.12. The second-order valence-corrected chi connectivity index (χ2v) is 8.44. The van der Waals surface area contributed by atoms with Crippen molar-refractivity contribution in [2.24, 2.45) is 0 Å². The van der Waals surface area contributed by atoms with Gasteiger partial charge in [0.15, 0.2) is 5.75 Å². The monoisotopic (exact) mass is 421 g/mol. The van der Waals surface area contributed by atoms with Gasteiger partial charge in [0, 0.05) is 38.8 Å². The lowest BCUT2D eigenvalue weighted by Gasteiger charge is -2.33. The number of para-hydroxylation sites is 1. The number of sulfonamides is 1. The highest BCUT2D eigenvalue weighted by atomic mass is 32.2. The lowest BCUT2D eigenvalue weighted by atomic mass is 10.3. The average molecular weight is 421 g/mol. The third-order valence-corrected chi connectivity index (χ3v) is 6.63. The van der Waals surface area contributed by atoms with E-state index in [1.807, 2.05) is 30.3 Å². The van der Waals surface area contributed by atoms with Crippen LogP contribution in [0, 0.1) is 10.1 Å². The van der Waals surface area contributed by atoms with Crippen molar-refractivity contribution in [2.75, 3.05) is 46.4 Å². The molecule has 9 nitrogen and oxygen atoms in total. The topological polar surface area (TPSA) is 102 Å². The van der Waals surface area contributed by atoms with Crippen LogP contribution in [0.4, 0.5) is 5.69 Å². The van der Waals surface area contributed by atoms with Crippen molar-refractivity contribution >= 4 is 15.7 Å². The van der Waals surface area contributed by atoms with Crippen LogP contribution in [0.3, 0.4) is 0 Å². The van der Waals surface area contributed by atoms with Crippen molar-refractivity contribution < 1.29 is 22.8 Å². The summed E-state index contributed by atoms with van der Waals surface area (Å²) < 4.78 is 37.7. The number of benzene rings is 2. The Morgan fingerprint density at radius 2 is 1.76 bits per heavy atom. The predicted octanol–water partition coefficient (Wildman–Crippen LogP) is 1.99. The van der Waals surface area contributed by atoms with Gasteiger partial charge in [0.2, 0.25) is 10.0 Å². The van der Waals surface area contributed by atoms with Crippen LogP contribution in [0.5, 0.6) is 11.5 Å². The van der Waals surface area contributed by atoms with Crippen LogP contribution in [0.2, 0.25) is 0 Å². The Morgan fingerprint density at radius 1 is 1.07 bits per heavy atom. The molecule has 10 heteroatoms. The number of nitro groups is 1. The molecule has 0 saturated carbocycles. The molecule has 1 fully saturated rings. The molecule has 156 valence electrons. The molecule has 0 bridgehead atoms. The third-order valence-electron chi connectivity index (χ3n) is 4.74. The van der Waals surface area contributed by atoms with Gasteiger partial charge < -0.3 is 9.47 Å². The summed E-state index contributed by atoms with van der Waals surface area (Å²) in [5.74, 6) is 0.826. The maximum absolute atomic E-state index is 12.9. The molecule has 0 amide bonds. The fraction of sp³-hybridized carbons (Fsp3) is 0.368. The van der Waals surface area contributed by atoms with Crippen molar-refractivity contribution in [3.05, 3.63) is 58.6 Å². The smallest absolute Gasteiger partial charge is 0.312 e. The largest absolute Gasteiger partial charge is 0.492 e. The standard InChI is InChI=1S/C19H23N3O6S/c1-27-19-8-7-17(15-18(19)22(23)24)29(25,26)21-11-9-20(10-12-21)13-14-28-16-5-3-2-4-6-16/h2-8,15H,9-14H2,1H3. The molecule has 0 aliphatic carbocycles. The zero-order chi connectivity index (χ0) is 20.9.